The molecule has 0 bridgehead atoms. The second-order valence-electron chi connectivity index (χ2n) is 5.49. The number of hydrogen-bond acceptors (Lipinski definition) is 6. The van der Waals surface area contributed by atoms with Crippen molar-refractivity contribution >= 4 is 10.4 Å². The minimum absolute atomic E-state index is 0. The van der Waals surface area contributed by atoms with Crippen LogP contribution in [-0.2, 0) is 19.3 Å². The maximum Gasteiger partial charge on any atom is 0.397 e. The number of rotatable bonds is 16. The van der Waals surface area contributed by atoms with Gasteiger partial charge in [0.1, 0.15) is 0 Å². The van der Waals surface area contributed by atoms with Crippen LogP contribution in [0.4, 0.5) is 0 Å². The summed E-state index contributed by atoms with van der Waals surface area (Å²) in [5.74, 6) is 0. The van der Waals surface area contributed by atoms with Crippen molar-refractivity contribution in [3.05, 3.63) is 0 Å². The van der Waals surface area contributed by atoms with Crippen LogP contribution in [0.1, 0.15) is 71.1 Å². The van der Waals surface area contributed by atoms with E-state index < -0.39 is 10.4 Å². The number of unbranched alkanes of at least 4 members (excludes halogenated alkanes) is 9. The fraction of sp³-hybridized carbons (Fsp3) is 1.00. The average molecular weight is 391 g/mol. The van der Waals surface area contributed by atoms with Crippen LogP contribution in [0.25, 0.3) is 0 Å². The predicted molar refractivity (Wildman–Crippen MR) is 97.9 cm³/mol. The van der Waals surface area contributed by atoms with Gasteiger partial charge in [-0.2, -0.15) is 8.42 Å². The third-order valence-corrected chi connectivity index (χ3v) is 3.67. The average Bonchev–Trinajstić information content (AvgIpc) is 2.53. The number of ether oxygens (including phenoxy) is 1. The molecule has 0 unspecified atom stereocenters. The van der Waals surface area contributed by atoms with Crippen LogP contribution in [0.15, 0.2) is 0 Å². The van der Waals surface area contributed by atoms with Gasteiger partial charge in [0, 0.05) is 6.61 Å². The quantitative estimate of drug-likeness (QED) is 0.269. The van der Waals surface area contributed by atoms with Crippen molar-refractivity contribution in [2.45, 2.75) is 71.1 Å². The molecule has 0 saturated carbocycles. The number of aliphatic hydroxyl groups is 2. The highest BCUT2D eigenvalue weighted by atomic mass is 32.3. The molecule has 0 aliphatic heterocycles. The molecule has 8 nitrogen and oxygen atoms in total. The van der Waals surface area contributed by atoms with E-state index >= 15 is 0 Å². The summed E-state index contributed by atoms with van der Waals surface area (Å²) in [7, 11) is -4.35. The first-order valence-corrected chi connectivity index (χ1v) is 10.3. The van der Waals surface area contributed by atoms with E-state index in [0.717, 1.165) is 6.42 Å². The first-order chi connectivity index (χ1) is 11.5. The predicted octanol–water partition coefficient (Wildman–Crippen LogP) is 1.89. The van der Waals surface area contributed by atoms with Gasteiger partial charge in [0.15, 0.2) is 0 Å². The molecule has 0 heterocycles. The van der Waals surface area contributed by atoms with Crippen LogP contribution in [0, 0.1) is 0 Å². The number of hydrogen-bond donors (Lipinski definition) is 3. The van der Waals surface area contributed by atoms with Crippen molar-refractivity contribution in [3.63, 3.8) is 0 Å². The molecule has 0 aliphatic carbocycles. The molecule has 0 radical (unpaired) electrons. The molecule has 5 N–H and O–H groups in total. The Balaban J connectivity index is -0.000000377. The molecule has 0 aromatic carbocycles. The summed E-state index contributed by atoms with van der Waals surface area (Å²) in [6.45, 7) is 2.38. The Morgan fingerprint density at radius 3 is 1.60 bits per heavy atom. The van der Waals surface area contributed by atoms with Gasteiger partial charge in [0.2, 0.25) is 0 Å². The van der Waals surface area contributed by atoms with E-state index in [9.17, 15) is 8.42 Å². The molecule has 0 aliphatic rings. The van der Waals surface area contributed by atoms with Crippen LogP contribution < -0.4 is 0 Å². The lowest BCUT2D eigenvalue weighted by Crippen LogP contribution is -2.11. The Morgan fingerprint density at radius 1 is 0.720 bits per heavy atom. The van der Waals surface area contributed by atoms with Crippen LogP contribution in [0.2, 0.25) is 0 Å². The molecular weight excluding hydrogens is 352 g/mol. The minimum atomic E-state index is -4.35. The van der Waals surface area contributed by atoms with Crippen molar-refractivity contribution in [2.75, 3.05) is 33.0 Å². The van der Waals surface area contributed by atoms with Crippen molar-refractivity contribution in [1.29, 1.82) is 0 Å². The van der Waals surface area contributed by atoms with Crippen molar-refractivity contribution in [2.24, 2.45) is 0 Å². The fourth-order valence-corrected chi connectivity index (χ4v) is 2.24. The van der Waals surface area contributed by atoms with Gasteiger partial charge >= 0.3 is 10.4 Å². The summed E-state index contributed by atoms with van der Waals surface area (Å²) in [6, 6.07) is 0. The van der Waals surface area contributed by atoms with E-state index in [1.54, 1.807) is 0 Å². The smallest absolute Gasteiger partial charge is 0.397 e. The van der Waals surface area contributed by atoms with Crippen molar-refractivity contribution in [1.82, 2.24) is 0 Å². The molecular formula is C16H38O8S. The Kier molecular flexibility index (Phi) is 28.0. The molecule has 25 heavy (non-hydrogen) atoms. The van der Waals surface area contributed by atoms with E-state index in [2.05, 4.69) is 15.8 Å². The van der Waals surface area contributed by atoms with Crippen LogP contribution in [0.3, 0.4) is 0 Å². The molecule has 0 rings (SSSR count). The summed E-state index contributed by atoms with van der Waals surface area (Å²) >= 11 is 0. The van der Waals surface area contributed by atoms with Crippen molar-refractivity contribution < 1.29 is 37.6 Å². The maximum absolute atomic E-state index is 9.89. The molecule has 0 atom stereocenters. The normalized spacial score (nSPS) is 10.7. The Hall–Kier alpha value is -0.290. The monoisotopic (exact) mass is 390 g/mol. The summed E-state index contributed by atoms with van der Waals surface area (Å²) in [6.07, 6.45) is 13.3. The SMILES string of the molecule is CCCCCCCCCCCCO.O.O=S(=O)(O)OCCOCCO. The number of aliphatic hydroxyl groups excluding tert-OH is 2. The van der Waals surface area contributed by atoms with E-state index in [-0.39, 0.29) is 31.9 Å². The molecule has 0 fully saturated rings. The molecule has 0 aromatic heterocycles. The molecule has 156 valence electrons. The third kappa shape index (κ3) is 35.6. The van der Waals surface area contributed by atoms with Gasteiger partial charge in [0.25, 0.3) is 0 Å². The Labute approximate surface area is 152 Å². The molecule has 0 spiro atoms. The van der Waals surface area contributed by atoms with E-state index in [4.69, 9.17) is 14.8 Å². The highest BCUT2D eigenvalue weighted by Crippen LogP contribution is 2.09. The standard InChI is InChI=1S/C12H26O.C4H10O6S.H2O/c1-2-3-4-5-6-7-8-9-10-11-12-13;5-1-2-9-3-4-10-11(6,7)8;/h13H,2-12H2,1H3;5H,1-4H2,(H,6,7,8);1H2. The summed E-state index contributed by atoms with van der Waals surface area (Å²) in [4.78, 5) is 0. The lowest BCUT2D eigenvalue weighted by atomic mass is 10.1. The summed E-state index contributed by atoms with van der Waals surface area (Å²) in [5, 5.41) is 16.8. The molecule has 0 amide bonds. The van der Waals surface area contributed by atoms with Crippen LogP contribution >= 0.6 is 0 Å². The largest absolute Gasteiger partial charge is 0.412 e. The van der Waals surface area contributed by atoms with Gasteiger partial charge in [-0.3, -0.25) is 4.55 Å². The van der Waals surface area contributed by atoms with Gasteiger partial charge < -0.3 is 20.4 Å². The van der Waals surface area contributed by atoms with Crippen molar-refractivity contribution in [3.8, 4) is 0 Å². The minimum Gasteiger partial charge on any atom is -0.412 e. The first-order valence-electron chi connectivity index (χ1n) is 8.89. The van der Waals surface area contributed by atoms with Gasteiger partial charge in [-0.05, 0) is 6.42 Å². The van der Waals surface area contributed by atoms with Gasteiger partial charge in [0.05, 0.1) is 26.4 Å². The second-order valence-corrected chi connectivity index (χ2v) is 6.58. The highest BCUT2D eigenvalue weighted by Gasteiger charge is 2.02. The zero-order valence-electron chi connectivity index (χ0n) is 15.5. The van der Waals surface area contributed by atoms with Crippen LogP contribution in [-0.4, -0.2) is 61.7 Å². The summed E-state index contributed by atoms with van der Waals surface area (Å²) < 4.78 is 36.3. The first kappa shape index (κ1) is 29.5. The Morgan fingerprint density at radius 2 is 1.20 bits per heavy atom. The fourth-order valence-electron chi connectivity index (χ4n) is 1.96. The van der Waals surface area contributed by atoms with Gasteiger partial charge in [-0.15, -0.1) is 0 Å². The van der Waals surface area contributed by atoms with Crippen LogP contribution in [0.5, 0.6) is 0 Å². The molecule has 9 heteroatoms. The summed E-state index contributed by atoms with van der Waals surface area (Å²) in [5.41, 5.74) is 0. The van der Waals surface area contributed by atoms with Gasteiger partial charge in [-0.25, -0.2) is 4.18 Å². The maximum atomic E-state index is 9.89. The molecule has 0 saturated heterocycles. The highest BCUT2D eigenvalue weighted by molar-refractivity contribution is 7.80. The lowest BCUT2D eigenvalue weighted by Gasteiger charge is -2.00. The topological polar surface area (TPSA) is 145 Å². The lowest BCUT2D eigenvalue weighted by molar-refractivity contribution is 0.0691. The molecule has 0 aromatic rings. The zero-order valence-corrected chi connectivity index (χ0v) is 16.3. The van der Waals surface area contributed by atoms with E-state index in [0.29, 0.717) is 6.61 Å². The van der Waals surface area contributed by atoms with E-state index in [1.165, 1.54) is 57.8 Å². The third-order valence-electron chi connectivity index (χ3n) is 3.21. The van der Waals surface area contributed by atoms with E-state index in [1.807, 2.05) is 0 Å². The van der Waals surface area contributed by atoms with Gasteiger partial charge in [-0.1, -0.05) is 64.7 Å². The second kappa shape index (κ2) is 23.7. The Bertz CT molecular complexity index is 312. The zero-order chi connectivity index (χ0) is 18.5.